The second kappa shape index (κ2) is 20.9. The van der Waals surface area contributed by atoms with Gasteiger partial charge in [0.2, 0.25) is 0 Å². The Morgan fingerprint density at radius 2 is 0.400 bits per heavy atom. The van der Waals surface area contributed by atoms with Crippen LogP contribution in [-0.4, -0.2) is 0 Å². The van der Waals surface area contributed by atoms with E-state index >= 15 is 0 Å². The summed E-state index contributed by atoms with van der Waals surface area (Å²) < 4.78 is 0. The van der Waals surface area contributed by atoms with Gasteiger partial charge in [0.1, 0.15) is 0 Å². The van der Waals surface area contributed by atoms with Crippen molar-refractivity contribution in [1.82, 2.24) is 0 Å². The Morgan fingerprint density at radius 1 is 0.267 bits per heavy atom. The number of hydrogen-bond acceptors (Lipinski definition) is 0. The molecule has 0 bridgehead atoms. The van der Waals surface area contributed by atoms with E-state index in [1.54, 1.807) is 0 Å². The van der Waals surface area contributed by atoms with Gasteiger partial charge in [-0.05, 0) is 23.7 Å². The lowest BCUT2D eigenvalue weighted by Gasteiger charge is -2.15. The van der Waals surface area contributed by atoms with Crippen molar-refractivity contribution in [2.75, 3.05) is 0 Å². The van der Waals surface area contributed by atoms with Gasteiger partial charge < -0.3 is 0 Å². The summed E-state index contributed by atoms with van der Waals surface area (Å²) in [6.45, 7) is 9.46. The minimum absolute atomic E-state index is 0. The van der Waals surface area contributed by atoms with Crippen LogP contribution in [0.1, 0.15) is 170 Å². The maximum absolute atomic E-state index is 2.38. The van der Waals surface area contributed by atoms with Crippen LogP contribution in [0.2, 0.25) is 0 Å². The lowest BCUT2D eigenvalue weighted by molar-refractivity contribution is 0.385. The Morgan fingerprint density at radius 3 is 0.567 bits per heavy atom. The lowest BCUT2D eigenvalue weighted by Crippen LogP contribution is -1.99. The third-order valence-electron chi connectivity index (χ3n) is 7.83. The van der Waals surface area contributed by atoms with Crippen LogP contribution in [0.25, 0.3) is 0 Å². The number of rotatable bonds is 0. The molecule has 0 atom stereocenters. The van der Waals surface area contributed by atoms with Crippen LogP contribution < -0.4 is 0 Å². The monoisotopic (exact) mass is 422 g/mol. The van der Waals surface area contributed by atoms with Gasteiger partial charge in [-0.1, -0.05) is 170 Å². The Bertz CT molecular complexity index is 287. The third kappa shape index (κ3) is 18.7. The highest BCUT2D eigenvalue weighted by Gasteiger charge is 2.08. The standard InChI is InChI=1S/2C8H16.C7H14.C6H12.CH4/c2*1-8-6-4-2-3-5-7-8;1-7-5-3-2-4-6-7;1-6-4-2-3-5-6;/h2*8H,2-7H2,1H3;7H,2-6H2,1H3;6H,2-5H2,1H3;1H4. The molecule has 0 N–H and O–H groups in total. The zero-order valence-electron chi connectivity index (χ0n) is 21.2. The van der Waals surface area contributed by atoms with Crippen molar-refractivity contribution >= 4 is 0 Å². The highest BCUT2D eigenvalue weighted by atomic mass is 14.1. The fourth-order valence-corrected chi connectivity index (χ4v) is 5.40. The predicted molar refractivity (Wildman–Crippen MR) is 140 cm³/mol. The van der Waals surface area contributed by atoms with E-state index in [1.165, 1.54) is 135 Å². The van der Waals surface area contributed by atoms with Crippen molar-refractivity contribution in [3.05, 3.63) is 0 Å². The molecular weight excluding hydrogens is 360 g/mol. The first-order valence-corrected chi connectivity index (χ1v) is 14.1. The minimum atomic E-state index is 0. The summed E-state index contributed by atoms with van der Waals surface area (Å²) >= 11 is 0. The Labute approximate surface area is 193 Å². The second-order valence-corrected chi connectivity index (χ2v) is 11.3. The van der Waals surface area contributed by atoms with Gasteiger partial charge in [-0.25, -0.2) is 0 Å². The van der Waals surface area contributed by atoms with E-state index in [2.05, 4.69) is 27.7 Å². The molecule has 4 aliphatic carbocycles. The molecule has 0 aromatic heterocycles. The molecule has 30 heavy (non-hydrogen) atoms. The summed E-state index contributed by atoms with van der Waals surface area (Å²) in [7, 11) is 0. The summed E-state index contributed by atoms with van der Waals surface area (Å²) in [5.41, 5.74) is 0. The lowest BCUT2D eigenvalue weighted by atomic mass is 9.91. The average Bonchev–Trinajstić information content (AvgIpc) is 2.93. The van der Waals surface area contributed by atoms with Crippen molar-refractivity contribution in [3.8, 4) is 0 Å². The molecule has 0 nitrogen and oxygen atoms in total. The van der Waals surface area contributed by atoms with E-state index < -0.39 is 0 Å². The normalized spacial score (nSPS) is 24.4. The molecule has 0 aromatic rings. The van der Waals surface area contributed by atoms with Gasteiger partial charge in [-0.3, -0.25) is 0 Å². The molecule has 0 unspecified atom stereocenters. The van der Waals surface area contributed by atoms with E-state index in [-0.39, 0.29) is 7.43 Å². The van der Waals surface area contributed by atoms with Gasteiger partial charge in [0, 0.05) is 0 Å². The van der Waals surface area contributed by atoms with Crippen molar-refractivity contribution in [3.63, 3.8) is 0 Å². The van der Waals surface area contributed by atoms with Crippen LogP contribution >= 0.6 is 0 Å². The molecule has 0 aliphatic heterocycles. The first-order chi connectivity index (χ1) is 14.1. The zero-order valence-corrected chi connectivity index (χ0v) is 21.2. The van der Waals surface area contributed by atoms with Gasteiger partial charge in [0.05, 0.1) is 0 Å². The molecule has 0 heterocycles. The van der Waals surface area contributed by atoms with Crippen molar-refractivity contribution < 1.29 is 0 Å². The largest absolute Gasteiger partial charge is 0.0776 e. The van der Waals surface area contributed by atoms with Crippen LogP contribution in [-0.2, 0) is 0 Å². The summed E-state index contributed by atoms with van der Waals surface area (Å²) in [6.07, 6.45) is 31.2. The van der Waals surface area contributed by atoms with Crippen molar-refractivity contribution in [2.45, 2.75) is 170 Å². The fraction of sp³-hybridized carbons (Fsp3) is 1.00. The maximum atomic E-state index is 2.38. The molecule has 0 saturated heterocycles. The quantitative estimate of drug-likeness (QED) is 0.340. The van der Waals surface area contributed by atoms with Crippen LogP contribution in [0.5, 0.6) is 0 Å². The zero-order chi connectivity index (χ0) is 21.2. The van der Waals surface area contributed by atoms with Gasteiger partial charge in [0.25, 0.3) is 0 Å². The summed E-state index contributed by atoms with van der Waals surface area (Å²) in [4.78, 5) is 0. The van der Waals surface area contributed by atoms with Crippen LogP contribution in [0.4, 0.5) is 0 Å². The molecule has 0 radical (unpaired) electrons. The van der Waals surface area contributed by atoms with E-state index in [4.69, 9.17) is 0 Å². The first kappa shape index (κ1) is 30.0. The van der Waals surface area contributed by atoms with Gasteiger partial charge >= 0.3 is 0 Å². The molecule has 0 amide bonds. The average molecular weight is 423 g/mol. The predicted octanol–water partition coefficient (Wildman–Crippen LogP) is 11.4. The topological polar surface area (TPSA) is 0 Å². The van der Waals surface area contributed by atoms with E-state index in [0.29, 0.717) is 0 Å². The van der Waals surface area contributed by atoms with Crippen LogP contribution in [0.15, 0.2) is 0 Å². The third-order valence-corrected chi connectivity index (χ3v) is 7.83. The van der Waals surface area contributed by atoms with Gasteiger partial charge in [-0.15, -0.1) is 0 Å². The second-order valence-electron chi connectivity index (χ2n) is 11.3. The van der Waals surface area contributed by atoms with E-state index in [1.807, 2.05) is 0 Å². The van der Waals surface area contributed by atoms with E-state index in [0.717, 1.165) is 23.7 Å². The molecule has 0 spiro atoms. The Balaban J connectivity index is 0.000000372. The molecule has 4 saturated carbocycles. The van der Waals surface area contributed by atoms with Crippen LogP contribution in [0, 0.1) is 23.7 Å². The molecule has 4 fully saturated rings. The highest BCUT2D eigenvalue weighted by molar-refractivity contribution is 4.61. The molecule has 0 heteroatoms. The highest BCUT2D eigenvalue weighted by Crippen LogP contribution is 2.24. The molecular formula is C30H62. The molecule has 182 valence electrons. The van der Waals surface area contributed by atoms with Gasteiger partial charge in [0.15, 0.2) is 0 Å². The fourth-order valence-electron chi connectivity index (χ4n) is 5.40. The maximum Gasteiger partial charge on any atom is -0.0443 e. The first-order valence-electron chi connectivity index (χ1n) is 14.1. The smallest absolute Gasteiger partial charge is 0.0443 e. The summed E-state index contributed by atoms with van der Waals surface area (Å²) in [5, 5.41) is 0. The molecule has 4 aliphatic rings. The van der Waals surface area contributed by atoms with Crippen LogP contribution in [0.3, 0.4) is 0 Å². The van der Waals surface area contributed by atoms with Crippen molar-refractivity contribution in [2.24, 2.45) is 23.7 Å². The molecule has 0 aromatic carbocycles. The van der Waals surface area contributed by atoms with Gasteiger partial charge in [-0.2, -0.15) is 0 Å². The summed E-state index contributed by atoms with van der Waals surface area (Å²) in [6, 6.07) is 0. The SMILES string of the molecule is C.CC1CCCC1.CC1CCCCC1.CC1CCCCCC1.CC1CCCCCC1. The Kier molecular flexibility index (Phi) is 20.9. The van der Waals surface area contributed by atoms with Crippen molar-refractivity contribution in [1.29, 1.82) is 0 Å². The van der Waals surface area contributed by atoms with E-state index in [9.17, 15) is 0 Å². The summed E-state index contributed by atoms with van der Waals surface area (Å²) in [5.74, 6) is 4.13. The number of hydrogen-bond donors (Lipinski definition) is 0. The molecule has 4 rings (SSSR count). The Hall–Kier alpha value is 0. The minimum Gasteiger partial charge on any atom is -0.0776 e.